The first-order valence-electron chi connectivity index (χ1n) is 10.3. The van der Waals surface area contributed by atoms with E-state index >= 15 is 0 Å². The van der Waals surface area contributed by atoms with Crippen molar-refractivity contribution < 1.29 is 9.53 Å². The van der Waals surface area contributed by atoms with E-state index in [1.165, 1.54) is 0 Å². The van der Waals surface area contributed by atoms with Gasteiger partial charge in [-0.1, -0.05) is 6.07 Å². The molecular formula is C22H31N5O2. The summed E-state index contributed by atoms with van der Waals surface area (Å²) in [5, 5.41) is 6.23. The van der Waals surface area contributed by atoms with Crippen molar-refractivity contribution >= 4 is 23.2 Å². The molecule has 3 rings (SSSR count). The van der Waals surface area contributed by atoms with Crippen LogP contribution >= 0.6 is 0 Å². The van der Waals surface area contributed by atoms with Gasteiger partial charge in [0.1, 0.15) is 23.7 Å². The highest BCUT2D eigenvalue weighted by Gasteiger charge is 2.22. The number of benzene rings is 1. The molecule has 1 saturated heterocycles. The number of hydrogen-bond acceptors (Lipinski definition) is 6. The van der Waals surface area contributed by atoms with Crippen molar-refractivity contribution in [3.05, 3.63) is 36.2 Å². The van der Waals surface area contributed by atoms with Gasteiger partial charge in [0.2, 0.25) is 5.91 Å². The molecule has 1 fully saturated rings. The second-order valence-electron chi connectivity index (χ2n) is 7.54. The summed E-state index contributed by atoms with van der Waals surface area (Å²) in [6, 6.07) is 7.80. The number of amides is 1. The summed E-state index contributed by atoms with van der Waals surface area (Å²) in [5.41, 5.74) is 1.82. The predicted molar refractivity (Wildman–Crippen MR) is 117 cm³/mol. The van der Waals surface area contributed by atoms with E-state index in [1.807, 2.05) is 31.2 Å². The summed E-state index contributed by atoms with van der Waals surface area (Å²) in [4.78, 5) is 23.5. The number of ether oxygens (including phenoxy) is 1. The predicted octanol–water partition coefficient (Wildman–Crippen LogP) is 3.86. The monoisotopic (exact) mass is 397 g/mol. The maximum absolute atomic E-state index is 12.5. The molecule has 7 nitrogen and oxygen atoms in total. The van der Waals surface area contributed by atoms with E-state index in [1.54, 1.807) is 13.4 Å². The van der Waals surface area contributed by atoms with Gasteiger partial charge in [-0.3, -0.25) is 4.79 Å². The van der Waals surface area contributed by atoms with Crippen LogP contribution in [0.4, 0.5) is 17.3 Å². The third-order valence-corrected chi connectivity index (χ3v) is 5.26. The van der Waals surface area contributed by atoms with Gasteiger partial charge < -0.3 is 20.3 Å². The number of hydrogen-bond donors (Lipinski definition) is 2. The van der Waals surface area contributed by atoms with E-state index < -0.39 is 0 Å². The Morgan fingerprint density at radius 3 is 2.97 bits per heavy atom. The Kier molecular flexibility index (Phi) is 7.27. The maximum Gasteiger partial charge on any atom is 0.224 e. The third-order valence-electron chi connectivity index (χ3n) is 5.26. The number of aromatic nitrogens is 2. The normalized spacial score (nSPS) is 16.4. The van der Waals surface area contributed by atoms with Crippen LogP contribution in [0.3, 0.4) is 0 Å². The maximum atomic E-state index is 12.5. The molecule has 1 aliphatic heterocycles. The van der Waals surface area contributed by atoms with Crippen LogP contribution in [0, 0.1) is 12.8 Å². The minimum absolute atomic E-state index is 0.0301. The molecule has 2 heterocycles. The first-order valence-corrected chi connectivity index (χ1v) is 10.3. The second-order valence-corrected chi connectivity index (χ2v) is 7.54. The number of nitrogens with one attached hydrogen (secondary N) is 2. The smallest absolute Gasteiger partial charge is 0.224 e. The Balaban J connectivity index is 1.54. The molecule has 1 aromatic heterocycles. The number of anilines is 3. The first-order chi connectivity index (χ1) is 14.1. The van der Waals surface area contributed by atoms with Crippen molar-refractivity contribution in [1.29, 1.82) is 0 Å². The summed E-state index contributed by atoms with van der Waals surface area (Å²) < 4.78 is 5.35. The van der Waals surface area contributed by atoms with Crippen molar-refractivity contribution in [1.82, 2.24) is 9.97 Å². The number of methoxy groups -OCH3 is 1. The molecule has 0 spiro atoms. The fraction of sp³-hybridized carbons (Fsp3) is 0.500. The molecule has 29 heavy (non-hydrogen) atoms. The zero-order chi connectivity index (χ0) is 20.6. The largest absolute Gasteiger partial charge is 0.495 e. The second kappa shape index (κ2) is 10.1. The summed E-state index contributed by atoms with van der Waals surface area (Å²) in [5.74, 6) is 3.00. The van der Waals surface area contributed by atoms with Crippen LogP contribution in [0.25, 0.3) is 0 Å². The number of carbonyl (C=O) groups excluding carboxylic acids is 1. The van der Waals surface area contributed by atoms with Gasteiger partial charge in [0.25, 0.3) is 0 Å². The molecule has 1 amide bonds. The Morgan fingerprint density at radius 2 is 2.17 bits per heavy atom. The van der Waals surface area contributed by atoms with Crippen molar-refractivity contribution in [2.45, 2.75) is 39.5 Å². The van der Waals surface area contributed by atoms with Crippen molar-refractivity contribution in [3.8, 4) is 5.75 Å². The zero-order valence-corrected chi connectivity index (χ0v) is 17.6. The molecule has 0 saturated carbocycles. The van der Waals surface area contributed by atoms with Crippen LogP contribution in [0.1, 0.15) is 38.2 Å². The molecular weight excluding hydrogens is 366 g/mol. The van der Waals surface area contributed by atoms with Crippen molar-refractivity contribution in [3.63, 3.8) is 0 Å². The molecule has 7 heteroatoms. The van der Waals surface area contributed by atoms with E-state index in [0.717, 1.165) is 61.8 Å². The summed E-state index contributed by atoms with van der Waals surface area (Å²) >= 11 is 0. The lowest BCUT2D eigenvalue weighted by molar-refractivity contribution is -0.116. The average Bonchev–Trinajstić information content (AvgIpc) is 2.73. The van der Waals surface area contributed by atoms with Crippen LogP contribution in [-0.2, 0) is 4.79 Å². The summed E-state index contributed by atoms with van der Waals surface area (Å²) in [7, 11) is 1.62. The number of nitrogens with zero attached hydrogens (tertiary/aromatic N) is 3. The van der Waals surface area contributed by atoms with Crippen LogP contribution < -0.4 is 20.3 Å². The van der Waals surface area contributed by atoms with Gasteiger partial charge >= 0.3 is 0 Å². The van der Waals surface area contributed by atoms with Gasteiger partial charge in [-0.2, -0.15) is 0 Å². The molecule has 0 radical (unpaired) electrons. The lowest BCUT2D eigenvalue weighted by Gasteiger charge is -2.33. The van der Waals surface area contributed by atoms with Crippen LogP contribution in [-0.4, -0.2) is 42.6 Å². The summed E-state index contributed by atoms with van der Waals surface area (Å²) in [6.07, 6.45) is 5.23. The van der Waals surface area contributed by atoms with E-state index in [2.05, 4.69) is 32.4 Å². The molecule has 1 aliphatic rings. The first kappa shape index (κ1) is 20.9. The van der Waals surface area contributed by atoms with Gasteiger partial charge in [-0.15, -0.1) is 0 Å². The van der Waals surface area contributed by atoms with E-state index in [9.17, 15) is 4.79 Å². The quantitative estimate of drug-likeness (QED) is 0.704. The van der Waals surface area contributed by atoms with Gasteiger partial charge in [0.15, 0.2) is 0 Å². The number of aryl methyl sites for hydroxylation is 1. The lowest BCUT2D eigenvalue weighted by atomic mass is 9.93. The Morgan fingerprint density at radius 1 is 1.31 bits per heavy atom. The van der Waals surface area contributed by atoms with E-state index in [4.69, 9.17) is 4.74 Å². The number of rotatable bonds is 8. The molecule has 2 aromatic rings. The van der Waals surface area contributed by atoms with Gasteiger partial charge in [-0.25, -0.2) is 9.97 Å². The lowest BCUT2D eigenvalue weighted by Crippen LogP contribution is -2.36. The molecule has 2 N–H and O–H groups in total. The van der Waals surface area contributed by atoms with E-state index in [0.29, 0.717) is 18.1 Å². The summed E-state index contributed by atoms with van der Waals surface area (Å²) in [6.45, 7) is 6.80. The van der Waals surface area contributed by atoms with Crippen molar-refractivity contribution in [2.24, 2.45) is 5.92 Å². The highest BCUT2D eigenvalue weighted by molar-refractivity contribution is 5.92. The fourth-order valence-electron chi connectivity index (χ4n) is 3.77. The minimum atomic E-state index is 0.0301. The topological polar surface area (TPSA) is 79.4 Å². The highest BCUT2D eigenvalue weighted by Crippen LogP contribution is 2.27. The molecule has 1 atom stereocenters. The molecule has 1 aromatic carbocycles. The van der Waals surface area contributed by atoms with Gasteiger partial charge in [0, 0.05) is 32.1 Å². The van der Waals surface area contributed by atoms with Crippen LogP contribution in [0.2, 0.25) is 0 Å². The Labute approximate surface area is 172 Å². The molecule has 0 bridgehead atoms. The molecule has 156 valence electrons. The SMILES string of the molecule is CCNc1cc(N2CCC[C@@H](CCC(=O)Nc3cc(C)ccc3OC)C2)ncn1. The molecule has 0 aliphatic carbocycles. The van der Waals surface area contributed by atoms with Crippen molar-refractivity contribution in [2.75, 3.05) is 42.3 Å². The number of carbonyl (C=O) groups is 1. The molecule has 0 unspecified atom stereocenters. The number of piperidine rings is 1. The zero-order valence-electron chi connectivity index (χ0n) is 17.6. The van der Waals surface area contributed by atoms with Gasteiger partial charge in [0.05, 0.1) is 12.8 Å². The Bertz CT molecular complexity index is 827. The van der Waals surface area contributed by atoms with Crippen LogP contribution in [0.15, 0.2) is 30.6 Å². The third kappa shape index (κ3) is 5.82. The van der Waals surface area contributed by atoms with E-state index in [-0.39, 0.29) is 5.91 Å². The minimum Gasteiger partial charge on any atom is -0.495 e. The van der Waals surface area contributed by atoms with Crippen LogP contribution in [0.5, 0.6) is 5.75 Å². The average molecular weight is 398 g/mol. The standard InChI is InChI=1S/C22H31N5O2/c1-4-23-20-13-21(25-15-24-20)27-11-5-6-17(14-27)8-10-22(28)26-18-12-16(2)7-9-19(18)29-3/h7,9,12-13,15,17H,4-6,8,10-11,14H2,1-3H3,(H,26,28)(H,23,24,25)/t17-/m0/s1. The van der Waals surface area contributed by atoms with Gasteiger partial charge in [-0.05, 0) is 56.7 Å². The Hall–Kier alpha value is -2.83. The highest BCUT2D eigenvalue weighted by atomic mass is 16.5. The fourth-order valence-corrected chi connectivity index (χ4v) is 3.77.